The molecule has 70 valence electrons. The normalized spacial score (nSPS) is 29.2. The molecule has 12 heavy (non-hydrogen) atoms. The lowest BCUT2D eigenvalue weighted by Crippen LogP contribution is -2.41. The van der Waals surface area contributed by atoms with E-state index in [2.05, 4.69) is 4.74 Å². The van der Waals surface area contributed by atoms with E-state index in [4.69, 9.17) is 10.7 Å². The third-order valence-corrected chi connectivity index (χ3v) is 4.05. The number of carbonyl (C=O) groups is 1. The van der Waals surface area contributed by atoms with Gasteiger partial charge in [0.25, 0.3) is 0 Å². The molecule has 0 heterocycles. The van der Waals surface area contributed by atoms with Crippen LogP contribution < -0.4 is 0 Å². The first-order valence-corrected chi connectivity index (χ1v) is 5.85. The van der Waals surface area contributed by atoms with Gasteiger partial charge in [0.05, 0.1) is 18.3 Å². The summed E-state index contributed by atoms with van der Waals surface area (Å²) in [6.07, 6.45) is 0.995. The largest absolute Gasteiger partial charge is 0.469 e. The molecule has 0 aromatic rings. The zero-order chi connectivity index (χ0) is 9.35. The number of methoxy groups -OCH3 is 1. The van der Waals surface area contributed by atoms with Crippen LogP contribution in [0.2, 0.25) is 0 Å². The molecule has 0 aliphatic heterocycles. The molecule has 6 heteroatoms. The highest BCUT2D eigenvalue weighted by Crippen LogP contribution is 2.35. The summed E-state index contributed by atoms with van der Waals surface area (Å²) >= 11 is 0. The van der Waals surface area contributed by atoms with Gasteiger partial charge >= 0.3 is 5.97 Å². The van der Waals surface area contributed by atoms with Crippen LogP contribution in [-0.4, -0.2) is 26.7 Å². The maximum absolute atomic E-state index is 10.9. The van der Waals surface area contributed by atoms with Crippen LogP contribution in [0.25, 0.3) is 0 Å². The third-order valence-electron chi connectivity index (χ3n) is 2.08. The van der Waals surface area contributed by atoms with Crippen molar-refractivity contribution in [1.82, 2.24) is 0 Å². The summed E-state index contributed by atoms with van der Waals surface area (Å²) in [6.45, 7) is 0. The zero-order valence-electron chi connectivity index (χ0n) is 6.49. The van der Waals surface area contributed by atoms with Gasteiger partial charge < -0.3 is 4.74 Å². The number of esters is 1. The molecule has 0 N–H and O–H groups in total. The highest BCUT2D eigenvalue weighted by Gasteiger charge is 2.44. The van der Waals surface area contributed by atoms with E-state index in [9.17, 15) is 13.2 Å². The Morgan fingerprint density at radius 1 is 1.50 bits per heavy atom. The van der Waals surface area contributed by atoms with Gasteiger partial charge in [-0.05, 0) is 12.8 Å². The molecule has 1 saturated carbocycles. The molecule has 4 nitrogen and oxygen atoms in total. The Hall–Kier alpha value is -0.290. The van der Waals surface area contributed by atoms with E-state index in [0.717, 1.165) is 0 Å². The Morgan fingerprint density at radius 3 is 2.33 bits per heavy atom. The van der Waals surface area contributed by atoms with E-state index in [1.807, 2.05) is 0 Å². The topological polar surface area (TPSA) is 60.4 Å². The van der Waals surface area contributed by atoms with Crippen molar-refractivity contribution < 1.29 is 17.9 Å². The lowest BCUT2D eigenvalue weighted by Gasteiger charge is -2.31. The number of halogens is 1. The van der Waals surface area contributed by atoms with Crippen molar-refractivity contribution >= 4 is 25.7 Å². The summed E-state index contributed by atoms with van der Waals surface area (Å²) in [4.78, 5) is 10.9. The van der Waals surface area contributed by atoms with Gasteiger partial charge in [0.2, 0.25) is 9.05 Å². The number of hydrogen-bond donors (Lipinski definition) is 0. The van der Waals surface area contributed by atoms with Crippen LogP contribution in [0.15, 0.2) is 0 Å². The number of hydrogen-bond acceptors (Lipinski definition) is 4. The van der Waals surface area contributed by atoms with Crippen LogP contribution in [0.4, 0.5) is 0 Å². The van der Waals surface area contributed by atoms with E-state index in [-0.39, 0.29) is 0 Å². The average Bonchev–Trinajstić information content (AvgIpc) is 1.80. The minimum atomic E-state index is -3.60. The number of rotatable bonds is 2. The summed E-state index contributed by atoms with van der Waals surface area (Å²) in [6, 6.07) is 0. The van der Waals surface area contributed by atoms with Crippen molar-refractivity contribution in [3.63, 3.8) is 0 Å². The van der Waals surface area contributed by atoms with Crippen molar-refractivity contribution in [2.24, 2.45) is 5.92 Å². The van der Waals surface area contributed by atoms with E-state index >= 15 is 0 Å². The van der Waals surface area contributed by atoms with Crippen molar-refractivity contribution in [3.8, 4) is 0 Å². The van der Waals surface area contributed by atoms with Gasteiger partial charge in [0.1, 0.15) is 0 Å². The van der Waals surface area contributed by atoms with Gasteiger partial charge in [0, 0.05) is 10.7 Å². The van der Waals surface area contributed by atoms with E-state index in [1.165, 1.54) is 7.11 Å². The minimum Gasteiger partial charge on any atom is -0.469 e. The second-order valence-electron chi connectivity index (χ2n) is 2.72. The Labute approximate surface area is 75.3 Å². The minimum absolute atomic E-state index is 0.450. The maximum atomic E-state index is 10.9. The molecule has 0 aromatic carbocycles. The van der Waals surface area contributed by atoms with E-state index in [1.54, 1.807) is 0 Å². The molecule has 0 saturated heterocycles. The molecule has 0 unspecified atom stereocenters. The lowest BCUT2D eigenvalue weighted by molar-refractivity contribution is -0.147. The first-order chi connectivity index (χ1) is 5.46. The predicted molar refractivity (Wildman–Crippen MR) is 43.3 cm³/mol. The molecule has 2 atom stereocenters. The first kappa shape index (κ1) is 9.80. The summed E-state index contributed by atoms with van der Waals surface area (Å²) in [5.41, 5.74) is 0. The Balaban J connectivity index is 2.68. The Bertz CT molecular complexity index is 284. The van der Waals surface area contributed by atoms with Crippen molar-refractivity contribution in [1.29, 1.82) is 0 Å². The second-order valence-corrected chi connectivity index (χ2v) is 5.57. The van der Waals surface area contributed by atoms with E-state index < -0.39 is 26.2 Å². The average molecular weight is 213 g/mol. The van der Waals surface area contributed by atoms with Crippen LogP contribution in [0.1, 0.15) is 12.8 Å². The zero-order valence-corrected chi connectivity index (χ0v) is 8.06. The molecule has 0 radical (unpaired) electrons. The second kappa shape index (κ2) is 3.22. The SMILES string of the molecule is COC(=O)[C@@H]1CC[C@@H]1S(=O)(=O)Cl. The van der Waals surface area contributed by atoms with Crippen LogP contribution in [-0.2, 0) is 18.6 Å². The Morgan fingerprint density at radius 2 is 2.08 bits per heavy atom. The van der Waals surface area contributed by atoms with Gasteiger partial charge in [-0.3, -0.25) is 4.79 Å². The van der Waals surface area contributed by atoms with Crippen molar-refractivity contribution in [2.75, 3.05) is 7.11 Å². The van der Waals surface area contributed by atoms with Crippen LogP contribution >= 0.6 is 10.7 Å². The van der Waals surface area contributed by atoms with Crippen LogP contribution in [0, 0.1) is 5.92 Å². The summed E-state index contributed by atoms with van der Waals surface area (Å²) in [7, 11) is 2.73. The smallest absolute Gasteiger partial charge is 0.310 e. The number of ether oxygens (including phenoxy) is 1. The van der Waals surface area contributed by atoms with Crippen molar-refractivity contribution in [3.05, 3.63) is 0 Å². The van der Waals surface area contributed by atoms with Gasteiger partial charge in [-0.25, -0.2) is 8.42 Å². The summed E-state index contributed by atoms with van der Waals surface area (Å²) < 4.78 is 26.0. The fourth-order valence-corrected chi connectivity index (χ4v) is 2.92. The standard InChI is InChI=1S/C6H9ClO4S/c1-11-6(8)4-2-3-5(4)12(7,9)10/h4-5H,2-3H2,1H3/t4-,5+/m1/s1. The third kappa shape index (κ3) is 1.72. The highest BCUT2D eigenvalue weighted by atomic mass is 35.7. The van der Waals surface area contributed by atoms with Crippen LogP contribution in [0.5, 0.6) is 0 Å². The summed E-state index contributed by atoms with van der Waals surface area (Å²) in [5.74, 6) is -1.05. The Kier molecular flexibility index (Phi) is 2.63. The molecule has 0 aromatic heterocycles. The predicted octanol–water partition coefficient (Wildman–Crippen LogP) is 0.507. The maximum Gasteiger partial charge on any atom is 0.310 e. The first-order valence-electron chi connectivity index (χ1n) is 3.48. The molecular formula is C6H9ClO4S. The lowest BCUT2D eigenvalue weighted by atomic mass is 9.85. The molecule has 0 spiro atoms. The fourth-order valence-electron chi connectivity index (χ4n) is 1.23. The van der Waals surface area contributed by atoms with E-state index in [0.29, 0.717) is 12.8 Å². The molecular weight excluding hydrogens is 204 g/mol. The quantitative estimate of drug-likeness (QED) is 0.494. The fraction of sp³-hybridized carbons (Fsp3) is 0.833. The molecule has 1 aliphatic rings. The molecule has 1 rings (SSSR count). The number of carbonyl (C=O) groups excluding carboxylic acids is 1. The van der Waals surface area contributed by atoms with Crippen LogP contribution in [0.3, 0.4) is 0 Å². The molecule has 0 amide bonds. The van der Waals surface area contributed by atoms with Crippen molar-refractivity contribution in [2.45, 2.75) is 18.1 Å². The monoisotopic (exact) mass is 212 g/mol. The molecule has 1 fully saturated rings. The van der Waals surface area contributed by atoms with Gasteiger partial charge in [-0.2, -0.15) is 0 Å². The van der Waals surface area contributed by atoms with Gasteiger partial charge in [-0.1, -0.05) is 0 Å². The summed E-state index contributed by atoms with van der Waals surface area (Å²) in [5, 5.41) is -0.744. The van der Waals surface area contributed by atoms with Gasteiger partial charge in [0.15, 0.2) is 0 Å². The molecule has 0 bridgehead atoms. The van der Waals surface area contributed by atoms with Gasteiger partial charge in [-0.15, -0.1) is 0 Å². The highest BCUT2D eigenvalue weighted by molar-refractivity contribution is 8.14. The molecule has 1 aliphatic carbocycles.